The molecule has 264 valence electrons. The molecule has 1 heterocycles. The Morgan fingerprint density at radius 2 is 1.15 bits per heavy atom. The van der Waals surface area contributed by atoms with Gasteiger partial charge in [-0.25, -0.2) is 0 Å². The summed E-state index contributed by atoms with van der Waals surface area (Å²) in [6.45, 7) is 0. The fraction of sp³-hybridized carbons (Fsp3) is 0.308. The summed E-state index contributed by atoms with van der Waals surface area (Å²) in [4.78, 5) is 2.70. The van der Waals surface area contributed by atoms with Crippen LogP contribution in [0.5, 0.6) is 0 Å². The zero-order chi connectivity index (χ0) is 35.2. The van der Waals surface area contributed by atoms with Gasteiger partial charge >= 0.3 is 0 Å². The van der Waals surface area contributed by atoms with Crippen molar-refractivity contribution >= 4 is 39.0 Å². The number of benzene rings is 6. The smallest absolute Gasteiger partial charge is 0.137 e. The van der Waals surface area contributed by atoms with E-state index >= 15 is 0 Å². The van der Waals surface area contributed by atoms with Gasteiger partial charge in [-0.15, -0.1) is 0 Å². The van der Waals surface area contributed by atoms with Crippen molar-refractivity contribution in [1.29, 1.82) is 0 Å². The standard InChI is InChI=1S/C52H45NO/c1-8-24-51(25-9-1)42-16-5-3-14-41(42)49-44(51)18-11-19-45(49)53(36-22-23-39-38-13-4-7-21-47(38)54-48(39)31-36)46-20-10-15-40-37-12-2-6-17-43(37)52(50(40)46)34-27-32-26-33(29-34)30-35(52)28-32/h2-7,10-23,31-35H,1,8-9,24-30H2. The van der Waals surface area contributed by atoms with Gasteiger partial charge in [-0.3, -0.25) is 0 Å². The highest BCUT2D eigenvalue weighted by Gasteiger charge is 2.62. The zero-order valence-electron chi connectivity index (χ0n) is 30.9. The number of para-hydroxylation sites is 1. The van der Waals surface area contributed by atoms with E-state index in [1.165, 1.54) is 120 Å². The Hall–Kier alpha value is -5.08. The maximum atomic E-state index is 6.66. The second-order valence-corrected chi connectivity index (χ2v) is 17.9. The van der Waals surface area contributed by atoms with Crippen LogP contribution in [0.1, 0.15) is 86.5 Å². The van der Waals surface area contributed by atoms with Crippen LogP contribution in [-0.2, 0) is 10.8 Å². The topological polar surface area (TPSA) is 16.4 Å². The Labute approximate surface area is 317 Å². The van der Waals surface area contributed by atoms with E-state index in [0.29, 0.717) is 11.8 Å². The van der Waals surface area contributed by atoms with Crippen LogP contribution in [0.25, 0.3) is 44.2 Å². The average molecular weight is 700 g/mol. The van der Waals surface area contributed by atoms with Crippen LogP contribution in [0.15, 0.2) is 132 Å². The molecule has 0 unspecified atom stereocenters. The monoisotopic (exact) mass is 699 g/mol. The third kappa shape index (κ3) is 3.73. The van der Waals surface area contributed by atoms with Gasteiger partial charge in [-0.05, 0) is 138 Å². The van der Waals surface area contributed by atoms with Crippen LogP contribution in [0.4, 0.5) is 17.1 Å². The Kier molecular flexibility index (Phi) is 6.04. The highest BCUT2D eigenvalue weighted by molar-refractivity contribution is 6.07. The molecule has 0 amide bonds. The first kappa shape index (κ1) is 30.3. The van der Waals surface area contributed by atoms with E-state index < -0.39 is 0 Å². The molecule has 2 spiro atoms. The lowest BCUT2D eigenvalue weighted by molar-refractivity contribution is -0.0397. The number of nitrogens with zero attached hydrogens (tertiary/aromatic N) is 1. The minimum Gasteiger partial charge on any atom is -0.456 e. The first-order chi connectivity index (χ1) is 26.7. The van der Waals surface area contributed by atoms with Gasteiger partial charge in [-0.1, -0.05) is 110 Å². The molecule has 0 radical (unpaired) electrons. The minimum absolute atomic E-state index is 0.0398. The molecular weight excluding hydrogens is 655 g/mol. The van der Waals surface area contributed by atoms with Crippen molar-refractivity contribution in [1.82, 2.24) is 0 Å². The van der Waals surface area contributed by atoms with E-state index in [-0.39, 0.29) is 10.8 Å². The molecule has 0 saturated heterocycles. The van der Waals surface area contributed by atoms with Crippen LogP contribution in [0, 0.1) is 23.7 Å². The van der Waals surface area contributed by atoms with Crippen molar-refractivity contribution in [3.8, 4) is 22.3 Å². The van der Waals surface area contributed by atoms with Gasteiger partial charge in [0.1, 0.15) is 11.2 Å². The van der Waals surface area contributed by atoms with E-state index in [1.807, 2.05) is 0 Å². The molecule has 54 heavy (non-hydrogen) atoms. The summed E-state index contributed by atoms with van der Waals surface area (Å²) in [5.41, 5.74) is 18.0. The van der Waals surface area contributed by atoms with Crippen LogP contribution < -0.4 is 4.90 Å². The van der Waals surface area contributed by atoms with E-state index in [4.69, 9.17) is 4.42 Å². The maximum absolute atomic E-state index is 6.66. The number of hydrogen-bond donors (Lipinski definition) is 0. The fourth-order valence-electron chi connectivity index (χ4n) is 14.0. The first-order valence-electron chi connectivity index (χ1n) is 20.9. The molecule has 0 N–H and O–H groups in total. The van der Waals surface area contributed by atoms with Crippen molar-refractivity contribution < 1.29 is 4.42 Å². The van der Waals surface area contributed by atoms with Crippen molar-refractivity contribution in [3.05, 3.63) is 150 Å². The van der Waals surface area contributed by atoms with E-state index in [0.717, 1.165) is 23.0 Å². The lowest BCUT2D eigenvalue weighted by Crippen LogP contribution is -2.55. The van der Waals surface area contributed by atoms with Crippen molar-refractivity contribution in [3.63, 3.8) is 0 Å². The van der Waals surface area contributed by atoms with Crippen LogP contribution in [-0.4, -0.2) is 0 Å². The fourth-order valence-corrected chi connectivity index (χ4v) is 14.0. The van der Waals surface area contributed by atoms with Gasteiger partial charge < -0.3 is 9.32 Å². The molecule has 7 aliphatic carbocycles. The van der Waals surface area contributed by atoms with Gasteiger partial charge in [0, 0.05) is 38.9 Å². The molecule has 1 aromatic heterocycles. The third-order valence-corrected chi connectivity index (χ3v) is 15.6. The van der Waals surface area contributed by atoms with Crippen LogP contribution in [0.3, 0.4) is 0 Å². The Bertz CT molecular complexity index is 2660. The molecule has 2 nitrogen and oxygen atoms in total. The van der Waals surface area contributed by atoms with E-state index in [2.05, 4.69) is 132 Å². The quantitative estimate of drug-likeness (QED) is 0.183. The second-order valence-electron chi connectivity index (χ2n) is 17.9. The predicted molar refractivity (Wildman–Crippen MR) is 221 cm³/mol. The molecule has 0 atom stereocenters. The summed E-state index contributed by atoms with van der Waals surface area (Å²) in [7, 11) is 0. The largest absolute Gasteiger partial charge is 0.456 e. The highest BCUT2D eigenvalue weighted by atomic mass is 16.3. The van der Waals surface area contributed by atoms with Gasteiger partial charge in [0.2, 0.25) is 0 Å². The summed E-state index contributed by atoms with van der Waals surface area (Å²) < 4.78 is 6.66. The lowest BCUT2D eigenvalue weighted by atomic mass is 9.43. The number of furan rings is 1. The number of rotatable bonds is 3. The van der Waals surface area contributed by atoms with Gasteiger partial charge in [0.15, 0.2) is 0 Å². The highest BCUT2D eigenvalue weighted by Crippen LogP contribution is 2.71. The molecule has 7 aliphatic rings. The molecule has 14 rings (SSSR count). The third-order valence-electron chi connectivity index (χ3n) is 15.6. The Morgan fingerprint density at radius 3 is 1.98 bits per heavy atom. The molecule has 5 saturated carbocycles. The number of hydrogen-bond acceptors (Lipinski definition) is 2. The van der Waals surface area contributed by atoms with Crippen molar-refractivity contribution in [2.45, 2.75) is 75.0 Å². The zero-order valence-corrected chi connectivity index (χ0v) is 30.9. The number of fused-ring (bicyclic) bond motifs is 11. The van der Waals surface area contributed by atoms with Gasteiger partial charge in [0.05, 0.1) is 11.4 Å². The molecular formula is C52H45NO. The Balaban J connectivity index is 1.12. The first-order valence-corrected chi connectivity index (χ1v) is 20.9. The SMILES string of the molecule is c1ccc2c(c1)-c1c(N(c3ccc4c(c3)oc3ccccc34)c3cccc4c3C3(c5ccccc5-4)C4CC5CC(C4)CC3C5)cccc1C21CCCCC1. The van der Waals surface area contributed by atoms with Crippen molar-refractivity contribution in [2.75, 3.05) is 4.90 Å². The molecule has 2 heteroatoms. The van der Waals surface area contributed by atoms with Crippen LogP contribution >= 0.6 is 0 Å². The number of anilines is 3. The molecule has 4 bridgehead atoms. The van der Waals surface area contributed by atoms with E-state index in [9.17, 15) is 0 Å². The summed E-state index contributed by atoms with van der Waals surface area (Å²) in [5.74, 6) is 3.16. The molecule has 7 aromatic rings. The summed E-state index contributed by atoms with van der Waals surface area (Å²) in [6, 6.07) is 49.1. The summed E-state index contributed by atoms with van der Waals surface area (Å²) >= 11 is 0. The van der Waals surface area contributed by atoms with Crippen molar-refractivity contribution in [2.24, 2.45) is 23.7 Å². The lowest BCUT2D eigenvalue weighted by Gasteiger charge is -2.61. The molecule has 6 aromatic carbocycles. The normalized spacial score (nSPS) is 26.4. The Morgan fingerprint density at radius 1 is 0.500 bits per heavy atom. The average Bonchev–Trinajstić information content (AvgIpc) is 3.83. The maximum Gasteiger partial charge on any atom is 0.137 e. The predicted octanol–water partition coefficient (Wildman–Crippen LogP) is 14.0. The van der Waals surface area contributed by atoms with Gasteiger partial charge in [-0.2, -0.15) is 0 Å². The van der Waals surface area contributed by atoms with Crippen LogP contribution in [0.2, 0.25) is 0 Å². The summed E-state index contributed by atoms with van der Waals surface area (Å²) in [5, 5.41) is 2.37. The van der Waals surface area contributed by atoms with E-state index in [1.54, 1.807) is 16.7 Å². The second kappa shape index (κ2) is 10.8. The molecule has 0 aliphatic heterocycles. The van der Waals surface area contributed by atoms with Gasteiger partial charge in [0.25, 0.3) is 0 Å². The summed E-state index contributed by atoms with van der Waals surface area (Å²) in [6.07, 6.45) is 13.3. The minimum atomic E-state index is 0.0398. The molecule has 5 fully saturated rings.